The van der Waals surface area contributed by atoms with Crippen LogP contribution in [0.2, 0.25) is 0 Å². The van der Waals surface area contributed by atoms with E-state index in [4.69, 9.17) is 5.73 Å². The molecular formula is C13H15N5. The largest absolute Gasteiger partial charge is 0.384 e. The van der Waals surface area contributed by atoms with Crippen LogP contribution in [0.3, 0.4) is 0 Å². The van der Waals surface area contributed by atoms with Crippen LogP contribution in [0.4, 0.5) is 5.82 Å². The van der Waals surface area contributed by atoms with Gasteiger partial charge in [-0.25, -0.2) is 9.67 Å². The Labute approximate surface area is 105 Å². The van der Waals surface area contributed by atoms with Crippen LogP contribution in [-0.4, -0.2) is 19.3 Å². The summed E-state index contributed by atoms with van der Waals surface area (Å²) >= 11 is 0. The van der Waals surface area contributed by atoms with Crippen molar-refractivity contribution in [1.82, 2.24) is 19.3 Å². The molecule has 0 saturated carbocycles. The van der Waals surface area contributed by atoms with E-state index in [1.54, 1.807) is 16.9 Å². The average Bonchev–Trinajstić information content (AvgIpc) is 2.94. The van der Waals surface area contributed by atoms with Gasteiger partial charge in [-0.3, -0.25) is 0 Å². The quantitative estimate of drug-likeness (QED) is 0.746. The number of anilines is 1. The van der Waals surface area contributed by atoms with Crippen molar-refractivity contribution in [2.75, 3.05) is 5.73 Å². The van der Waals surface area contributed by atoms with Crippen molar-refractivity contribution < 1.29 is 0 Å². The molecule has 0 bridgehead atoms. The van der Waals surface area contributed by atoms with Gasteiger partial charge in [-0.2, -0.15) is 5.10 Å². The Morgan fingerprint density at radius 1 is 1.22 bits per heavy atom. The summed E-state index contributed by atoms with van der Waals surface area (Å²) in [5.74, 6) is 1.60. The Morgan fingerprint density at radius 2 is 2.00 bits per heavy atom. The number of fused-ring (bicyclic) bond motifs is 1. The number of hydrogen-bond acceptors (Lipinski definition) is 3. The Morgan fingerprint density at radius 3 is 2.67 bits per heavy atom. The normalized spacial score (nSPS) is 13.0. The van der Waals surface area contributed by atoms with Crippen molar-refractivity contribution in [2.45, 2.75) is 13.0 Å². The maximum Gasteiger partial charge on any atom is 0.134 e. The third kappa shape index (κ3) is 1.48. The molecule has 0 amide bonds. The third-order valence-corrected chi connectivity index (χ3v) is 3.26. The van der Waals surface area contributed by atoms with Gasteiger partial charge in [0.15, 0.2) is 0 Å². The number of aryl methyl sites for hydroxylation is 1. The number of para-hydroxylation sites is 2. The van der Waals surface area contributed by atoms with Gasteiger partial charge in [0.25, 0.3) is 0 Å². The second-order valence-electron chi connectivity index (χ2n) is 4.39. The van der Waals surface area contributed by atoms with Gasteiger partial charge in [0.05, 0.1) is 17.2 Å². The van der Waals surface area contributed by atoms with E-state index in [1.165, 1.54) is 0 Å². The summed E-state index contributed by atoms with van der Waals surface area (Å²) in [5, 5.41) is 4.24. The van der Waals surface area contributed by atoms with Gasteiger partial charge in [0.2, 0.25) is 0 Å². The molecule has 0 spiro atoms. The fraction of sp³-hybridized carbons (Fsp3) is 0.231. The highest BCUT2D eigenvalue weighted by atomic mass is 15.3. The first-order chi connectivity index (χ1) is 8.68. The summed E-state index contributed by atoms with van der Waals surface area (Å²) in [6, 6.07) is 9.88. The smallest absolute Gasteiger partial charge is 0.134 e. The third-order valence-electron chi connectivity index (χ3n) is 3.26. The molecule has 1 unspecified atom stereocenters. The van der Waals surface area contributed by atoms with E-state index >= 15 is 0 Å². The zero-order chi connectivity index (χ0) is 12.7. The lowest BCUT2D eigenvalue weighted by Crippen LogP contribution is -2.15. The van der Waals surface area contributed by atoms with Crippen molar-refractivity contribution in [3.8, 4) is 0 Å². The number of hydrogen-bond donors (Lipinski definition) is 1. The molecule has 2 aromatic heterocycles. The number of benzene rings is 1. The molecule has 0 radical (unpaired) electrons. The minimum atomic E-state index is 0.0115. The predicted octanol–water partition coefficient (Wildman–Crippen LogP) is 1.96. The zero-order valence-corrected chi connectivity index (χ0v) is 10.4. The molecule has 0 aliphatic heterocycles. The molecule has 2 heterocycles. The van der Waals surface area contributed by atoms with Gasteiger partial charge in [0.1, 0.15) is 17.7 Å². The summed E-state index contributed by atoms with van der Waals surface area (Å²) in [6.07, 6.45) is 1.70. The molecule has 5 nitrogen and oxygen atoms in total. The zero-order valence-electron chi connectivity index (χ0n) is 10.4. The molecule has 18 heavy (non-hydrogen) atoms. The summed E-state index contributed by atoms with van der Waals surface area (Å²) in [7, 11) is 2.01. The summed E-state index contributed by atoms with van der Waals surface area (Å²) in [4.78, 5) is 4.66. The van der Waals surface area contributed by atoms with E-state index in [-0.39, 0.29) is 6.04 Å². The summed E-state index contributed by atoms with van der Waals surface area (Å²) in [5.41, 5.74) is 8.00. The lowest BCUT2D eigenvalue weighted by molar-refractivity contribution is 0.530. The molecular weight excluding hydrogens is 226 g/mol. The first-order valence-corrected chi connectivity index (χ1v) is 5.89. The summed E-state index contributed by atoms with van der Waals surface area (Å²) < 4.78 is 3.86. The molecule has 1 atom stereocenters. The second-order valence-corrected chi connectivity index (χ2v) is 4.39. The van der Waals surface area contributed by atoms with Crippen LogP contribution < -0.4 is 5.73 Å². The Kier molecular flexibility index (Phi) is 2.33. The van der Waals surface area contributed by atoms with Crippen LogP contribution in [0, 0.1) is 0 Å². The average molecular weight is 241 g/mol. The Balaban J connectivity index is 2.15. The molecule has 2 N–H and O–H groups in total. The highest BCUT2D eigenvalue weighted by molar-refractivity contribution is 5.75. The first-order valence-electron chi connectivity index (χ1n) is 5.89. The lowest BCUT2D eigenvalue weighted by atomic mass is 10.3. The molecule has 5 heteroatoms. The van der Waals surface area contributed by atoms with E-state index in [0.29, 0.717) is 5.82 Å². The molecule has 92 valence electrons. The number of nitrogens with zero attached hydrogens (tertiary/aromatic N) is 4. The van der Waals surface area contributed by atoms with Gasteiger partial charge >= 0.3 is 0 Å². The van der Waals surface area contributed by atoms with Crippen molar-refractivity contribution in [3.05, 3.63) is 42.4 Å². The van der Waals surface area contributed by atoms with Crippen molar-refractivity contribution in [2.24, 2.45) is 7.05 Å². The fourth-order valence-electron chi connectivity index (χ4n) is 2.30. The van der Waals surface area contributed by atoms with Gasteiger partial charge in [-0.05, 0) is 25.1 Å². The van der Waals surface area contributed by atoms with Crippen LogP contribution in [0.15, 0.2) is 36.5 Å². The predicted molar refractivity (Wildman–Crippen MR) is 71.2 cm³/mol. The molecule has 0 fully saturated rings. The minimum absolute atomic E-state index is 0.0115. The summed E-state index contributed by atoms with van der Waals surface area (Å²) in [6.45, 7) is 2.05. The molecule has 0 aliphatic carbocycles. The van der Waals surface area contributed by atoms with E-state index < -0.39 is 0 Å². The number of aromatic nitrogens is 4. The van der Waals surface area contributed by atoms with E-state index in [9.17, 15) is 0 Å². The lowest BCUT2D eigenvalue weighted by Gasteiger charge is -2.13. The van der Waals surface area contributed by atoms with Crippen LogP contribution in [-0.2, 0) is 7.05 Å². The standard InChI is InChI=1S/C13H15N5/c1-9(18-12(14)7-8-15-18)13-16-10-5-3-4-6-11(10)17(13)2/h3-9H,14H2,1-2H3. The topological polar surface area (TPSA) is 61.7 Å². The number of rotatable bonds is 2. The first kappa shape index (κ1) is 10.8. The van der Waals surface area contributed by atoms with E-state index in [1.807, 2.05) is 32.2 Å². The van der Waals surface area contributed by atoms with Gasteiger partial charge in [0, 0.05) is 7.05 Å². The number of nitrogens with two attached hydrogens (primary N) is 1. The second kappa shape index (κ2) is 3.87. The highest BCUT2D eigenvalue weighted by Gasteiger charge is 2.17. The molecule has 3 rings (SSSR count). The molecule has 0 aliphatic rings. The Hall–Kier alpha value is -2.30. The van der Waals surface area contributed by atoms with E-state index in [0.717, 1.165) is 16.9 Å². The number of imidazole rings is 1. The SMILES string of the molecule is CC(c1nc2ccccc2n1C)n1nccc1N. The minimum Gasteiger partial charge on any atom is -0.384 e. The van der Waals surface area contributed by atoms with Crippen LogP contribution in [0.5, 0.6) is 0 Å². The maximum absolute atomic E-state index is 5.89. The molecule has 3 aromatic rings. The van der Waals surface area contributed by atoms with Crippen molar-refractivity contribution >= 4 is 16.9 Å². The Bertz CT molecular complexity index is 694. The van der Waals surface area contributed by atoms with Crippen LogP contribution in [0.1, 0.15) is 18.8 Å². The van der Waals surface area contributed by atoms with Crippen molar-refractivity contribution in [1.29, 1.82) is 0 Å². The molecule has 0 saturated heterocycles. The van der Waals surface area contributed by atoms with Gasteiger partial charge in [-0.1, -0.05) is 12.1 Å². The van der Waals surface area contributed by atoms with Crippen molar-refractivity contribution in [3.63, 3.8) is 0 Å². The van der Waals surface area contributed by atoms with Gasteiger partial charge < -0.3 is 10.3 Å². The van der Waals surface area contributed by atoms with Crippen LogP contribution >= 0.6 is 0 Å². The molecule has 1 aromatic carbocycles. The number of nitrogen functional groups attached to an aromatic ring is 1. The monoisotopic (exact) mass is 241 g/mol. The van der Waals surface area contributed by atoms with Crippen LogP contribution in [0.25, 0.3) is 11.0 Å². The maximum atomic E-state index is 5.89. The van der Waals surface area contributed by atoms with E-state index in [2.05, 4.69) is 20.7 Å². The fourth-order valence-corrected chi connectivity index (χ4v) is 2.30. The highest BCUT2D eigenvalue weighted by Crippen LogP contribution is 2.23. The van der Waals surface area contributed by atoms with Gasteiger partial charge in [-0.15, -0.1) is 0 Å².